The molecule has 4 bridgehead atoms. The molecule has 7 aliphatic carbocycles. The zero-order valence-electron chi connectivity index (χ0n) is 31.2. The third-order valence-corrected chi connectivity index (χ3v) is 14.6. The molecule has 4 fully saturated rings. The molecule has 0 amide bonds. The maximum Gasteiger partial charge on any atom is 0.0201 e. The molecule has 0 nitrogen and oxygen atoms in total. The first-order chi connectivity index (χ1) is 21.4. The average Bonchev–Trinajstić information content (AvgIpc) is 3.60. The van der Waals surface area contributed by atoms with Gasteiger partial charge >= 0.3 is 0 Å². The summed E-state index contributed by atoms with van der Waals surface area (Å²) in [7, 11) is 0. The molecular formula is C46H62. The number of allylic oxidation sites excluding steroid dienone is 4. The van der Waals surface area contributed by atoms with Gasteiger partial charge in [-0.2, -0.15) is 0 Å². The number of hydrogen-bond donors (Lipinski definition) is 0. The Morgan fingerprint density at radius 2 is 1.13 bits per heavy atom. The quantitative estimate of drug-likeness (QED) is 0.323. The van der Waals surface area contributed by atoms with Crippen molar-refractivity contribution in [3.05, 3.63) is 81.4 Å². The average molecular weight is 615 g/mol. The van der Waals surface area contributed by atoms with Crippen LogP contribution < -0.4 is 0 Å². The monoisotopic (exact) mass is 614 g/mol. The van der Waals surface area contributed by atoms with Gasteiger partial charge in [-0.15, -0.1) is 0 Å². The Hall–Kier alpha value is -2.08. The second kappa shape index (κ2) is 9.76. The highest BCUT2D eigenvalue weighted by molar-refractivity contribution is 5.81. The Morgan fingerprint density at radius 3 is 1.54 bits per heavy atom. The van der Waals surface area contributed by atoms with Gasteiger partial charge < -0.3 is 0 Å². The first-order valence-corrected chi connectivity index (χ1v) is 19.1. The molecule has 46 heavy (non-hydrogen) atoms. The fourth-order valence-electron chi connectivity index (χ4n) is 12.5. The van der Waals surface area contributed by atoms with E-state index in [4.69, 9.17) is 0 Å². The molecule has 4 saturated carbocycles. The highest BCUT2D eigenvalue weighted by Gasteiger charge is 2.60. The molecule has 0 spiro atoms. The molecule has 0 aliphatic heterocycles. The lowest BCUT2D eigenvalue weighted by atomic mass is 9.47. The van der Waals surface area contributed by atoms with Crippen molar-refractivity contribution in [3.8, 4) is 11.1 Å². The van der Waals surface area contributed by atoms with Crippen LogP contribution in [0.15, 0.2) is 59.2 Å². The van der Waals surface area contributed by atoms with Crippen LogP contribution >= 0.6 is 0 Å². The minimum atomic E-state index is 0.102. The Labute approximate surface area is 281 Å². The lowest BCUT2D eigenvalue weighted by molar-refractivity contribution is -0.0316. The molecule has 0 radical (unpaired) electrons. The van der Waals surface area contributed by atoms with E-state index in [2.05, 4.69) is 119 Å². The fourth-order valence-corrected chi connectivity index (χ4v) is 12.5. The summed E-state index contributed by atoms with van der Waals surface area (Å²) in [5, 5.41) is 0. The van der Waals surface area contributed by atoms with Crippen molar-refractivity contribution in [1.82, 2.24) is 0 Å². The minimum absolute atomic E-state index is 0.102. The first kappa shape index (κ1) is 31.2. The minimum Gasteiger partial charge on any atom is -0.0619 e. The molecule has 0 saturated heterocycles. The Bertz CT molecular complexity index is 1550. The molecule has 9 rings (SSSR count). The number of fused-ring (bicyclic) bond motifs is 3. The van der Waals surface area contributed by atoms with Gasteiger partial charge in [0.05, 0.1) is 0 Å². The van der Waals surface area contributed by atoms with Crippen molar-refractivity contribution in [2.75, 3.05) is 0 Å². The van der Waals surface area contributed by atoms with Crippen LogP contribution in [0.4, 0.5) is 0 Å². The molecular weight excluding hydrogens is 553 g/mol. The lowest BCUT2D eigenvalue weighted by Crippen LogP contribution is -2.47. The second-order valence-electron chi connectivity index (χ2n) is 20.8. The first-order valence-electron chi connectivity index (χ1n) is 19.1. The highest BCUT2D eigenvalue weighted by Crippen LogP contribution is 2.72. The summed E-state index contributed by atoms with van der Waals surface area (Å²) in [6, 6.07) is 15.2. The van der Waals surface area contributed by atoms with E-state index in [1.807, 2.05) is 11.1 Å². The van der Waals surface area contributed by atoms with Crippen molar-refractivity contribution in [2.24, 2.45) is 45.8 Å². The van der Waals surface area contributed by atoms with Crippen molar-refractivity contribution >= 4 is 0 Å². The van der Waals surface area contributed by atoms with Crippen LogP contribution in [0.1, 0.15) is 156 Å². The van der Waals surface area contributed by atoms with E-state index in [0.717, 1.165) is 17.8 Å². The summed E-state index contributed by atoms with van der Waals surface area (Å²) in [5.74, 6) is 4.57. The summed E-state index contributed by atoms with van der Waals surface area (Å²) in [6.07, 6.45) is 14.5. The van der Waals surface area contributed by atoms with E-state index >= 15 is 0 Å². The topological polar surface area (TPSA) is 0 Å². The normalized spacial score (nSPS) is 33.6. The predicted octanol–water partition coefficient (Wildman–Crippen LogP) is 12.9. The van der Waals surface area contributed by atoms with Crippen LogP contribution in [-0.2, 0) is 10.8 Å². The number of rotatable bonds is 3. The van der Waals surface area contributed by atoms with Crippen molar-refractivity contribution < 1.29 is 0 Å². The second-order valence-corrected chi connectivity index (χ2v) is 20.8. The molecule has 2 aromatic rings. The van der Waals surface area contributed by atoms with E-state index < -0.39 is 0 Å². The van der Waals surface area contributed by atoms with Gasteiger partial charge in [-0.3, -0.25) is 0 Å². The maximum absolute atomic E-state index is 2.91. The number of hydrogen-bond acceptors (Lipinski definition) is 0. The summed E-state index contributed by atoms with van der Waals surface area (Å²) < 4.78 is 0. The highest BCUT2D eigenvalue weighted by atomic mass is 14.6. The molecule has 2 aromatic carbocycles. The van der Waals surface area contributed by atoms with Crippen molar-refractivity contribution in [3.63, 3.8) is 0 Å². The van der Waals surface area contributed by atoms with Gasteiger partial charge in [0.2, 0.25) is 0 Å². The molecule has 0 aromatic heterocycles. The summed E-state index contributed by atoms with van der Waals surface area (Å²) in [4.78, 5) is 0. The molecule has 0 heteroatoms. The molecule has 0 N–H and O–H groups in total. The van der Waals surface area contributed by atoms with Crippen LogP contribution in [0.2, 0.25) is 0 Å². The molecule has 2 atom stereocenters. The van der Waals surface area contributed by atoms with Crippen LogP contribution in [0.5, 0.6) is 0 Å². The van der Waals surface area contributed by atoms with Crippen LogP contribution in [0, 0.1) is 45.8 Å². The van der Waals surface area contributed by atoms with Crippen LogP contribution in [-0.4, -0.2) is 0 Å². The summed E-state index contributed by atoms with van der Waals surface area (Å²) in [5.41, 5.74) is 15.8. The Kier molecular flexibility index (Phi) is 6.62. The zero-order valence-corrected chi connectivity index (χ0v) is 31.2. The smallest absolute Gasteiger partial charge is 0.0201 e. The van der Waals surface area contributed by atoms with Gasteiger partial charge in [-0.25, -0.2) is 0 Å². The lowest BCUT2D eigenvalue weighted by Gasteiger charge is -2.58. The Balaban J connectivity index is 1.35. The molecule has 0 heterocycles. The molecule has 246 valence electrons. The third kappa shape index (κ3) is 4.43. The molecule has 7 aliphatic rings. The van der Waals surface area contributed by atoms with E-state index in [0.29, 0.717) is 23.2 Å². The maximum atomic E-state index is 2.91. The van der Waals surface area contributed by atoms with Gasteiger partial charge in [0.25, 0.3) is 0 Å². The standard InChI is InChI=1S/C46H62/c1-27(2)46(41-36-19-31(42(3,4)5)12-14-34(36)35-15-13-32(20-37(35)41)43(6,7)8)26-40(44(9,10)11)38-21-33(22-39(38)46)45-23-28-16-29(24-45)18-30(17-28)25-45/h12-15,19-20,22,27-30,40-41H,16-18,21,23-26H2,1-11H3. The molecule has 2 unspecified atom stereocenters. The van der Waals surface area contributed by atoms with E-state index in [1.54, 1.807) is 16.7 Å². The van der Waals surface area contributed by atoms with Gasteiger partial charge in [0.1, 0.15) is 0 Å². The van der Waals surface area contributed by atoms with Crippen molar-refractivity contribution in [1.29, 1.82) is 0 Å². The van der Waals surface area contributed by atoms with Gasteiger partial charge in [0, 0.05) is 11.3 Å². The van der Waals surface area contributed by atoms with Crippen LogP contribution in [0.3, 0.4) is 0 Å². The predicted molar refractivity (Wildman–Crippen MR) is 196 cm³/mol. The van der Waals surface area contributed by atoms with E-state index in [-0.39, 0.29) is 21.7 Å². The van der Waals surface area contributed by atoms with E-state index in [1.165, 1.54) is 73.6 Å². The summed E-state index contributed by atoms with van der Waals surface area (Å²) >= 11 is 0. The SMILES string of the molecule is CC(C)C1(C2c3cc(C(C)(C)C)ccc3-c3ccc(C(C)(C)C)cc32)CC(C(C)(C)C)C2=C1C=C(C13CC4CC(CC(C4)C1)C3)C2. The van der Waals surface area contributed by atoms with Crippen molar-refractivity contribution in [2.45, 2.75) is 144 Å². The van der Waals surface area contributed by atoms with Gasteiger partial charge in [-0.1, -0.05) is 130 Å². The number of benzene rings is 2. The largest absolute Gasteiger partial charge is 0.0619 e. The van der Waals surface area contributed by atoms with E-state index in [9.17, 15) is 0 Å². The van der Waals surface area contributed by atoms with Gasteiger partial charge in [-0.05, 0) is 142 Å². The van der Waals surface area contributed by atoms with Crippen LogP contribution in [0.25, 0.3) is 11.1 Å². The Morgan fingerprint density at radius 1 is 0.652 bits per heavy atom. The van der Waals surface area contributed by atoms with Gasteiger partial charge in [0.15, 0.2) is 0 Å². The summed E-state index contributed by atoms with van der Waals surface area (Å²) in [6.45, 7) is 27.2. The third-order valence-electron chi connectivity index (χ3n) is 14.6. The zero-order chi connectivity index (χ0) is 32.8. The fraction of sp³-hybridized carbons (Fsp3) is 0.652.